The minimum absolute atomic E-state index is 0.0579. The fourth-order valence-electron chi connectivity index (χ4n) is 2.28. The molecule has 3 nitrogen and oxygen atoms in total. The normalized spacial score (nSPS) is 25.4. The van der Waals surface area contributed by atoms with Crippen molar-refractivity contribution in [3.05, 3.63) is 0 Å². The zero-order chi connectivity index (χ0) is 10.7. The highest BCUT2D eigenvalue weighted by Gasteiger charge is 2.35. The number of hydrogen-bond acceptors (Lipinski definition) is 3. The molecule has 0 radical (unpaired) electrons. The Morgan fingerprint density at radius 1 is 1.50 bits per heavy atom. The fraction of sp³-hybridized carbons (Fsp3) is 0.909. The summed E-state index contributed by atoms with van der Waals surface area (Å²) in [5.74, 6) is 0.233. The third-order valence-electron chi connectivity index (χ3n) is 3.04. The Bertz CT molecular complexity index is 203. The molecule has 0 aromatic heterocycles. The lowest BCUT2D eigenvalue weighted by molar-refractivity contribution is -0.149. The zero-order valence-corrected chi connectivity index (χ0v) is 9.62. The SMILES string of the molecule is COC(=O)[C@H](C(C)C)N1CCC[C@H]1C. The molecule has 2 atom stereocenters. The first-order chi connectivity index (χ1) is 6.57. The second-order valence-corrected chi connectivity index (χ2v) is 4.44. The van der Waals surface area contributed by atoms with E-state index >= 15 is 0 Å². The number of ether oxygens (including phenoxy) is 1. The van der Waals surface area contributed by atoms with Gasteiger partial charge in [-0.1, -0.05) is 13.8 Å². The summed E-state index contributed by atoms with van der Waals surface area (Å²) in [6.07, 6.45) is 2.39. The molecule has 1 heterocycles. The second-order valence-electron chi connectivity index (χ2n) is 4.44. The van der Waals surface area contributed by atoms with Crippen LogP contribution in [-0.2, 0) is 9.53 Å². The van der Waals surface area contributed by atoms with Crippen molar-refractivity contribution in [2.75, 3.05) is 13.7 Å². The van der Waals surface area contributed by atoms with Crippen molar-refractivity contribution in [2.45, 2.75) is 45.7 Å². The molecule has 0 amide bonds. The summed E-state index contributed by atoms with van der Waals surface area (Å²) in [5, 5.41) is 0. The first-order valence-corrected chi connectivity index (χ1v) is 5.41. The van der Waals surface area contributed by atoms with Crippen molar-refractivity contribution in [3.63, 3.8) is 0 Å². The molecule has 0 aliphatic carbocycles. The number of likely N-dealkylation sites (tertiary alicyclic amines) is 1. The van der Waals surface area contributed by atoms with Crippen LogP contribution in [0.25, 0.3) is 0 Å². The Balaban J connectivity index is 2.71. The topological polar surface area (TPSA) is 29.5 Å². The molecule has 3 heteroatoms. The van der Waals surface area contributed by atoms with E-state index in [0.717, 1.165) is 6.54 Å². The summed E-state index contributed by atoms with van der Waals surface area (Å²) in [6, 6.07) is 0.457. The Morgan fingerprint density at radius 2 is 2.14 bits per heavy atom. The van der Waals surface area contributed by atoms with E-state index in [0.29, 0.717) is 12.0 Å². The Kier molecular flexibility index (Phi) is 3.93. The zero-order valence-electron chi connectivity index (χ0n) is 9.62. The summed E-state index contributed by atoms with van der Waals surface area (Å²) >= 11 is 0. The van der Waals surface area contributed by atoms with E-state index in [2.05, 4.69) is 25.7 Å². The third kappa shape index (κ3) is 2.27. The van der Waals surface area contributed by atoms with Crippen LogP contribution in [0.1, 0.15) is 33.6 Å². The molecule has 1 saturated heterocycles. The average Bonchev–Trinajstić information content (AvgIpc) is 2.52. The van der Waals surface area contributed by atoms with Crippen LogP contribution in [0.4, 0.5) is 0 Å². The lowest BCUT2D eigenvalue weighted by Crippen LogP contribution is -2.46. The Labute approximate surface area is 86.4 Å². The lowest BCUT2D eigenvalue weighted by Gasteiger charge is -2.31. The van der Waals surface area contributed by atoms with E-state index in [1.807, 2.05) is 0 Å². The summed E-state index contributed by atoms with van der Waals surface area (Å²) in [6.45, 7) is 7.36. The van der Waals surface area contributed by atoms with Crippen LogP contribution < -0.4 is 0 Å². The molecule has 82 valence electrons. The number of methoxy groups -OCH3 is 1. The molecule has 1 rings (SSSR count). The summed E-state index contributed by atoms with van der Waals surface area (Å²) < 4.78 is 4.85. The van der Waals surface area contributed by atoms with Gasteiger partial charge < -0.3 is 4.74 Å². The van der Waals surface area contributed by atoms with Crippen LogP contribution in [0.15, 0.2) is 0 Å². The maximum absolute atomic E-state index is 11.6. The van der Waals surface area contributed by atoms with Crippen LogP contribution >= 0.6 is 0 Å². The quantitative estimate of drug-likeness (QED) is 0.647. The van der Waals surface area contributed by atoms with Gasteiger partial charge in [-0.3, -0.25) is 9.69 Å². The molecule has 1 aliphatic heterocycles. The van der Waals surface area contributed by atoms with Crippen molar-refractivity contribution in [3.8, 4) is 0 Å². The van der Waals surface area contributed by atoms with Crippen molar-refractivity contribution in [1.29, 1.82) is 0 Å². The van der Waals surface area contributed by atoms with Gasteiger partial charge in [-0.15, -0.1) is 0 Å². The number of hydrogen-bond donors (Lipinski definition) is 0. The molecule has 0 aromatic carbocycles. The van der Waals surface area contributed by atoms with Gasteiger partial charge in [-0.05, 0) is 32.2 Å². The predicted molar refractivity (Wildman–Crippen MR) is 56.0 cm³/mol. The summed E-state index contributed by atoms with van der Waals surface area (Å²) in [5.41, 5.74) is 0. The molecule has 0 spiro atoms. The number of carbonyl (C=O) groups is 1. The first-order valence-electron chi connectivity index (χ1n) is 5.41. The molecule has 0 unspecified atom stereocenters. The highest BCUT2D eigenvalue weighted by molar-refractivity contribution is 5.76. The number of esters is 1. The average molecular weight is 199 g/mol. The molecular weight excluding hydrogens is 178 g/mol. The van der Waals surface area contributed by atoms with Crippen LogP contribution in [0, 0.1) is 5.92 Å². The third-order valence-corrected chi connectivity index (χ3v) is 3.04. The van der Waals surface area contributed by atoms with Crippen molar-refractivity contribution >= 4 is 5.97 Å². The number of nitrogens with zero attached hydrogens (tertiary/aromatic N) is 1. The number of carbonyl (C=O) groups excluding carboxylic acids is 1. The highest BCUT2D eigenvalue weighted by Crippen LogP contribution is 2.23. The van der Waals surface area contributed by atoms with Gasteiger partial charge in [0.1, 0.15) is 6.04 Å². The standard InChI is InChI=1S/C11H21NO2/c1-8(2)10(11(13)14-4)12-7-5-6-9(12)3/h8-10H,5-7H2,1-4H3/t9-,10+/m1/s1. The van der Waals surface area contributed by atoms with Crippen LogP contribution in [0.5, 0.6) is 0 Å². The smallest absolute Gasteiger partial charge is 0.323 e. The first kappa shape index (κ1) is 11.5. The van der Waals surface area contributed by atoms with Crippen molar-refractivity contribution in [1.82, 2.24) is 4.90 Å². The molecule has 0 aromatic rings. The van der Waals surface area contributed by atoms with E-state index in [9.17, 15) is 4.79 Å². The molecule has 1 aliphatic rings. The molecule has 0 N–H and O–H groups in total. The van der Waals surface area contributed by atoms with Gasteiger partial charge in [0.2, 0.25) is 0 Å². The van der Waals surface area contributed by atoms with E-state index in [4.69, 9.17) is 4.74 Å². The van der Waals surface area contributed by atoms with Gasteiger partial charge in [0.15, 0.2) is 0 Å². The van der Waals surface area contributed by atoms with Gasteiger partial charge >= 0.3 is 5.97 Å². The van der Waals surface area contributed by atoms with Crippen molar-refractivity contribution < 1.29 is 9.53 Å². The van der Waals surface area contributed by atoms with E-state index in [1.165, 1.54) is 20.0 Å². The monoisotopic (exact) mass is 199 g/mol. The van der Waals surface area contributed by atoms with Crippen LogP contribution in [-0.4, -0.2) is 36.6 Å². The van der Waals surface area contributed by atoms with Gasteiger partial charge in [-0.25, -0.2) is 0 Å². The highest BCUT2D eigenvalue weighted by atomic mass is 16.5. The van der Waals surface area contributed by atoms with Crippen LogP contribution in [0.3, 0.4) is 0 Å². The van der Waals surface area contributed by atoms with E-state index in [-0.39, 0.29) is 12.0 Å². The Hall–Kier alpha value is -0.570. The maximum atomic E-state index is 11.6. The predicted octanol–water partition coefficient (Wildman–Crippen LogP) is 1.67. The Morgan fingerprint density at radius 3 is 2.50 bits per heavy atom. The van der Waals surface area contributed by atoms with Crippen LogP contribution in [0.2, 0.25) is 0 Å². The van der Waals surface area contributed by atoms with Gasteiger partial charge in [-0.2, -0.15) is 0 Å². The molecular formula is C11H21NO2. The lowest BCUT2D eigenvalue weighted by atomic mass is 10.0. The van der Waals surface area contributed by atoms with Gasteiger partial charge in [0.05, 0.1) is 7.11 Å². The fourth-order valence-corrected chi connectivity index (χ4v) is 2.28. The summed E-state index contributed by atoms with van der Waals surface area (Å²) in [4.78, 5) is 13.9. The minimum Gasteiger partial charge on any atom is -0.468 e. The van der Waals surface area contributed by atoms with Gasteiger partial charge in [0, 0.05) is 6.04 Å². The molecule has 14 heavy (non-hydrogen) atoms. The molecule has 0 saturated carbocycles. The second kappa shape index (κ2) is 4.78. The van der Waals surface area contributed by atoms with E-state index < -0.39 is 0 Å². The van der Waals surface area contributed by atoms with E-state index in [1.54, 1.807) is 0 Å². The largest absolute Gasteiger partial charge is 0.468 e. The summed E-state index contributed by atoms with van der Waals surface area (Å²) in [7, 11) is 1.47. The minimum atomic E-state index is -0.0891. The molecule has 0 bridgehead atoms. The molecule has 1 fully saturated rings. The maximum Gasteiger partial charge on any atom is 0.323 e. The van der Waals surface area contributed by atoms with Gasteiger partial charge in [0.25, 0.3) is 0 Å². The van der Waals surface area contributed by atoms with Crippen molar-refractivity contribution in [2.24, 2.45) is 5.92 Å². The number of rotatable bonds is 3.